The van der Waals surface area contributed by atoms with Crippen LogP contribution in [0.2, 0.25) is 0 Å². The van der Waals surface area contributed by atoms with E-state index >= 15 is 0 Å². The van der Waals surface area contributed by atoms with Crippen molar-refractivity contribution in [2.24, 2.45) is 0 Å². The lowest BCUT2D eigenvalue weighted by atomic mass is 10.1. The first-order chi connectivity index (χ1) is 9.47. The van der Waals surface area contributed by atoms with Gasteiger partial charge in [-0.3, -0.25) is 0 Å². The van der Waals surface area contributed by atoms with Gasteiger partial charge in [0.25, 0.3) is 0 Å². The fraction of sp³-hybridized carbons (Fsp3) is 0.133. The van der Waals surface area contributed by atoms with E-state index in [0.717, 1.165) is 17.7 Å². The number of nitrogen functional groups attached to an aromatic ring is 1. The Balaban J connectivity index is 2.04. The molecule has 0 aliphatic heterocycles. The molecule has 0 saturated heterocycles. The maximum absolute atomic E-state index is 13.0. The van der Waals surface area contributed by atoms with Crippen molar-refractivity contribution in [1.29, 1.82) is 0 Å². The molecule has 0 aromatic heterocycles. The highest BCUT2D eigenvalue weighted by Crippen LogP contribution is 2.15. The van der Waals surface area contributed by atoms with Crippen LogP contribution in [0.1, 0.15) is 21.5 Å². The third-order valence-corrected chi connectivity index (χ3v) is 2.86. The summed E-state index contributed by atoms with van der Waals surface area (Å²) >= 11 is 0. The fourth-order valence-electron chi connectivity index (χ4n) is 1.66. The molecule has 0 fully saturated rings. The number of nitrogens with two attached hydrogens (primary N) is 1. The van der Waals surface area contributed by atoms with Gasteiger partial charge in [0, 0.05) is 5.69 Å². The minimum Gasteiger partial charge on any atom is -0.457 e. The van der Waals surface area contributed by atoms with Crippen LogP contribution in [-0.2, 0) is 11.3 Å². The molecule has 2 aromatic rings. The number of aryl methyl sites for hydroxylation is 1. The monoisotopic (exact) mass is 277 g/mol. The van der Waals surface area contributed by atoms with Crippen molar-refractivity contribution in [1.82, 2.24) is 0 Å². The summed E-state index contributed by atoms with van der Waals surface area (Å²) in [5.74, 6) is -2.45. The molecule has 5 heteroatoms. The van der Waals surface area contributed by atoms with Gasteiger partial charge >= 0.3 is 5.97 Å². The Morgan fingerprint density at radius 2 is 1.90 bits per heavy atom. The summed E-state index contributed by atoms with van der Waals surface area (Å²) in [7, 11) is 0. The highest BCUT2D eigenvalue weighted by Gasteiger charge is 2.09. The Morgan fingerprint density at radius 3 is 2.55 bits per heavy atom. The molecular formula is C15H13F2NO2. The molecule has 20 heavy (non-hydrogen) atoms. The van der Waals surface area contributed by atoms with Crippen LogP contribution in [0.25, 0.3) is 0 Å². The predicted molar refractivity (Wildman–Crippen MR) is 71.1 cm³/mol. The van der Waals surface area contributed by atoms with Crippen LogP contribution in [0.3, 0.4) is 0 Å². The number of anilines is 1. The topological polar surface area (TPSA) is 52.3 Å². The zero-order valence-corrected chi connectivity index (χ0v) is 10.8. The van der Waals surface area contributed by atoms with E-state index in [9.17, 15) is 13.6 Å². The molecule has 0 amide bonds. The van der Waals surface area contributed by atoms with Crippen molar-refractivity contribution < 1.29 is 18.3 Å². The molecule has 2 N–H and O–H groups in total. The number of hydrogen-bond acceptors (Lipinski definition) is 3. The quantitative estimate of drug-likeness (QED) is 0.692. The van der Waals surface area contributed by atoms with Gasteiger partial charge in [-0.2, -0.15) is 0 Å². The molecule has 0 atom stereocenters. The van der Waals surface area contributed by atoms with Crippen LogP contribution in [0.15, 0.2) is 36.4 Å². The maximum atomic E-state index is 13.0. The summed E-state index contributed by atoms with van der Waals surface area (Å²) < 4.78 is 30.8. The first-order valence-corrected chi connectivity index (χ1v) is 5.94. The average Bonchev–Trinajstić information content (AvgIpc) is 2.43. The normalized spacial score (nSPS) is 10.3. The highest BCUT2D eigenvalue weighted by atomic mass is 19.2. The Labute approximate surface area is 115 Å². The van der Waals surface area contributed by atoms with E-state index in [4.69, 9.17) is 10.5 Å². The molecule has 0 aliphatic rings. The molecule has 3 nitrogen and oxygen atoms in total. The molecule has 0 bridgehead atoms. The van der Waals surface area contributed by atoms with E-state index in [1.54, 1.807) is 25.1 Å². The van der Waals surface area contributed by atoms with Crippen LogP contribution in [-0.4, -0.2) is 5.97 Å². The first-order valence-electron chi connectivity index (χ1n) is 5.94. The van der Waals surface area contributed by atoms with E-state index in [1.807, 2.05) is 0 Å². The van der Waals surface area contributed by atoms with Crippen LogP contribution >= 0.6 is 0 Å². The van der Waals surface area contributed by atoms with Gasteiger partial charge in [-0.25, -0.2) is 13.6 Å². The van der Waals surface area contributed by atoms with E-state index in [0.29, 0.717) is 16.8 Å². The van der Waals surface area contributed by atoms with Crippen molar-refractivity contribution in [3.8, 4) is 0 Å². The van der Waals surface area contributed by atoms with E-state index in [-0.39, 0.29) is 6.61 Å². The Kier molecular flexibility index (Phi) is 3.98. The second-order valence-electron chi connectivity index (χ2n) is 4.40. The van der Waals surface area contributed by atoms with E-state index in [1.165, 1.54) is 6.07 Å². The fourth-order valence-corrected chi connectivity index (χ4v) is 1.66. The molecule has 0 saturated carbocycles. The summed E-state index contributed by atoms with van der Waals surface area (Å²) in [5.41, 5.74) is 7.75. The standard InChI is InChI=1S/C15H13F2NO2/c1-9-6-11(3-5-14(9)18)15(19)20-8-10-2-4-12(16)13(17)7-10/h2-7H,8,18H2,1H3. The van der Waals surface area contributed by atoms with Gasteiger partial charge in [-0.15, -0.1) is 0 Å². The molecule has 0 spiro atoms. The molecule has 2 rings (SSSR count). The summed E-state index contributed by atoms with van der Waals surface area (Å²) in [6.07, 6.45) is 0. The second kappa shape index (κ2) is 5.69. The summed E-state index contributed by atoms with van der Waals surface area (Å²) in [5, 5.41) is 0. The summed E-state index contributed by atoms with van der Waals surface area (Å²) in [6.45, 7) is 1.65. The number of carbonyl (C=O) groups is 1. The smallest absolute Gasteiger partial charge is 0.338 e. The van der Waals surface area contributed by atoms with Crippen LogP contribution in [0.5, 0.6) is 0 Å². The van der Waals surface area contributed by atoms with Crippen LogP contribution in [0, 0.1) is 18.6 Å². The minimum atomic E-state index is -0.970. The third kappa shape index (κ3) is 3.12. The lowest BCUT2D eigenvalue weighted by Crippen LogP contribution is -2.06. The zero-order chi connectivity index (χ0) is 14.7. The van der Waals surface area contributed by atoms with Crippen molar-refractivity contribution in [3.63, 3.8) is 0 Å². The first kappa shape index (κ1) is 14.0. The van der Waals surface area contributed by atoms with E-state index < -0.39 is 17.6 Å². The zero-order valence-electron chi connectivity index (χ0n) is 10.8. The minimum absolute atomic E-state index is 0.126. The number of halogens is 2. The predicted octanol–water partition coefficient (Wildman–Crippen LogP) is 3.21. The van der Waals surface area contributed by atoms with Crippen LogP contribution < -0.4 is 5.73 Å². The molecule has 2 aromatic carbocycles. The van der Waals surface area contributed by atoms with Crippen molar-refractivity contribution in [2.45, 2.75) is 13.5 Å². The average molecular weight is 277 g/mol. The summed E-state index contributed by atoms with van der Waals surface area (Å²) in [6, 6.07) is 8.13. The van der Waals surface area contributed by atoms with Gasteiger partial charge in [-0.05, 0) is 48.4 Å². The van der Waals surface area contributed by atoms with Gasteiger partial charge in [0.2, 0.25) is 0 Å². The number of rotatable bonds is 3. The maximum Gasteiger partial charge on any atom is 0.338 e. The Morgan fingerprint density at radius 1 is 1.15 bits per heavy atom. The van der Waals surface area contributed by atoms with Gasteiger partial charge < -0.3 is 10.5 Å². The largest absolute Gasteiger partial charge is 0.457 e. The molecule has 0 aliphatic carbocycles. The van der Waals surface area contributed by atoms with E-state index in [2.05, 4.69) is 0 Å². The Bertz CT molecular complexity index is 656. The lowest BCUT2D eigenvalue weighted by molar-refractivity contribution is 0.0472. The van der Waals surface area contributed by atoms with Crippen molar-refractivity contribution >= 4 is 11.7 Å². The molecule has 0 heterocycles. The molecule has 104 valence electrons. The Hall–Kier alpha value is -2.43. The highest BCUT2D eigenvalue weighted by molar-refractivity contribution is 5.90. The number of hydrogen-bond donors (Lipinski definition) is 1. The molecular weight excluding hydrogens is 264 g/mol. The van der Waals surface area contributed by atoms with Crippen molar-refractivity contribution in [3.05, 3.63) is 64.7 Å². The van der Waals surface area contributed by atoms with Gasteiger partial charge in [0.1, 0.15) is 6.61 Å². The van der Waals surface area contributed by atoms with Gasteiger partial charge in [0.15, 0.2) is 11.6 Å². The molecule has 0 radical (unpaired) electrons. The van der Waals surface area contributed by atoms with Gasteiger partial charge in [0.05, 0.1) is 5.56 Å². The van der Waals surface area contributed by atoms with Gasteiger partial charge in [-0.1, -0.05) is 6.07 Å². The number of benzene rings is 2. The third-order valence-electron chi connectivity index (χ3n) is 2.86. The molecule has 0 unspecified atom stereocenters. The lowest BCUT2D eigenvalue weighted by Gasteiger charge is -2.07. The SMILES string of the molecule is Cc1cc(C(=O)OCc2ccc(F)c(F)c2)ccc1N. The number of carbonyl (C=O) groups excluding carboxylic acids is 1. The van der Waals surface area contributed by atoms with Crippen LogP contribution in [0.4, 0.5) is 14.5 Å². The number of esters is 1. The number of ether oxygens (including phenoxy) is 1. The van der Waals surface area contributed by atoms with Crippen molar-refractivity contribution in [2.75, 3.05) is 5.73 Å². The summed E-state index contributed by atoms with van der Waals surface area (Å²) in [4.78, 5) is 11.8. The second-order valence-corrected chi connectivity index (χ2v) is 4.40.